The van der Waals surface area contributed by atoms with E-state index in [2.05, 4.69) is 20.8 Å². The van der Waals surface area contributed by atoms with Gasteiger partial charge in [-0.05, 0) is 30.6 Å². The molecule has 2 aliphatic rings. The van der Waals surface area contributed by atoms with Crippen molar-refractivity contribution in [1.29, 1.82) is 0 Å². The minimum atomic E-state index is -0.995. The summed E-state index contributed by atoms with van der Waals surface area (Å²) in [4.78, 5) is 10.8. The van der Waals surface area contributed by atoms with Crippen LogP contribution in [0.4, 0.5) is 0 Å². The van der Waals surface area contributed by atoms with Crippen LogP contribution in [0, 0.1) is 16.7 Å². The van der Waals surface area contributed by atoms with Crippen LogP contribution in [0.5, 0.6) is 0 Å². The molecule has 2 aliphatic carbocycles. The minimum absolute atomic E-state index is 0.0667. The lowest BCUT2D eigenvalue weighted by Gasteiger charge is -2.44. The second-order valence-electron chi connectivity index (χ2n) is 6.10. The summed E-state index contributed by atoms with van der Waals surface area (Å²) in [5.74, 6) is -0.408. The first-order valence-electron chi connectivity index (χ1n) is 5.67. The van der Waals surface area contributed by atoms with Gasteiger partial charge in [0.2, 0.25) is 0 Å². The van der Waals surface area contributed by atoms with Gasteiger partial charge in [0.1, 0.15) is 0 Å². The molecule has 0 saturated heterocycles. The zero-order valence-corrected chi connectivity index (χ0v) is 9.71. The lowest BCUT2D eigenvalue weighted by Crippen LogP contribution is -2.48. The molecular formula is C12H20O3. The van der Waals surface area contributed by atoms with E-state index in [-0.39, 0.29) is 17.3 Å². The van der Waals surface area contributed by atoms with Crippen LogP contribution in [-0.4, -0.2) is 21.8 Å². The van der Waals surface area contributed by atoms with Gasteiger partial charge in [0, 0.05) is 5.41 Å². The Labute approximate surface area is 90.5 Å². The molecule has 2 fully saturated rings. The van der Waals surface area contributed by atoms with Crippen molar-refractivity contribution in [3.63, 3.8) is 0 Å². The Kier molecular flexibility index (Phi) is 2.01. The summed E-state index contributed by atoms with van der Waals surface area (Å²) in [7, 11) is 0. The predicted octanol–water partition coefficient (Wildman–Crippen LogP) is 2.04. The molecule has 3 heteroatoms. The van der Waals surface area contributed by atoms with Crippen LogP contribution in [-0.2, 0) is 4.79 Å². The van der Waals surface area contributed by atoms with Crippen molar-refractivity contribution in [3.05, 3.63) is 0 Å². The summed E-state index contributed by atoms with van der Waals surface area (Å²) in [6.45, 7) is 6.40. The van der Waals surface area contributed by atoms with Gasteiger partial charge in [-0.3, -0.25) is 4.79 Å². The molecule has 0 aliphatic heterocycles. The maximum absolute atomic E-state index is 10.8. The minimum Gasteiger partial charge on any atom is -0.481 e. The van der Waals surface area contributed by atoms with E-state index < -0.39 is 11.6 Å². The molecule has 2 bridgehead atoms. The van der Waals surface area contributed by atoms with Crippen molar-refractivity contribution in [2.75, 3.05) is 0 Å². The van der Waals surface area contributed by atoms with Gasteiger partial charge in [0.05, 0.1) is 12.0 Å². The van der Waals surface area contributed by atoms with Gasteiger partial charge >= 0.3 is 5.97 Å². The van der Waals surface area contributed by atoms with Crippen LogP contribution in [0.15, 0.2) is 0 Å². The van der Waals surface area contributed by atoms with Gasteiger partial charge < -0.3 is 10.2 Å². The average Bonchev–Trinajstić information content (AvgIpc) is 2.34. The zero-order chi connectivity index (χ0) is 11.5. The Morgan fingerprint density at radius 2 is 2.00 bits per heavy atom. The molecule has 86 valence electrons. The molecule has 2 N–H and O–H groups in total. The Morgan fingerprint density at radius 3 is 2.33 bits per heavy atom. The highest BCUT2D eigenvalue weighted by atomic mass is 16.4. The van der Waals surface area contributed by atoms with Crippen LogP contribution < -0.4 is 0 Å². The Bertz CT molecular complexity index is 310. The lowest BCUT2D eigenvalue weighted by molar-refractivity contribution is -0.152. The molecule has 0 heterocycles. The normalized spacial score (nSPS) is 47.1. The summed E-state index contributed by atoms with van der Waals surface area (Å²) >= 11 is 0. The van der Waals surface area contributed by atoms with E-state index in [0.717, 1.165) is 12.8 Å². The number of carbonyl (C=O) groups is 1. The molecule has 0 aromatic heterocycles. The summed E-state index contributed by atoms with van der Waals surface area (Å²) in [5.41, 5.74) is -1.16. The molecule has 15 heavy (non-hydrogen) atoms. The molecule has 0 radical (unpaired) electrons. The van der Waals surface area contributed by atoms with Crippen LogP contribution in [0.1, 0.15) is 46.5 Å². The van der Waals surface area contributed by atoms with Crippen molar-refractivity contribution in [2.24, 2.45) is 16.7 Å². The molecule has 3 nitrogen and oxygen atoms in total. The zero-order valence-electron chi connectivity index (χ0n) is 9.71. The van der Waals surface area contributed by atoms with E-state index in [4.69, 9.17) is 5.11 Å². The van der Waals surface area contributed by atoms with Gasteiger partial charge in [0.15, 0.2) is 0 Å². The molecule has 0 unspecified atom stereocenters. The number of aliphatic carboxylic acids is 1. The first-order valence-corrected chi connectivity index (χ1v) is 5.67. The van der Waals surface area contributed by atoms with Gasteiger partial charge in [0.25, 0.3) is 0 Å². The summed E-state index contributed by atoms with van der Waals surface area (Å²) in [6.07, 6.45) is 2.63. The third kappa shape index (κ3) is 1.13. The number of rotatable bonds is 2. The van der Waals surface area contributed by atoms with Crippen LogP contribution >= 0.6 is 0 Å². The van der Waals surface area contributed by atoms with Gasteiger partial charge in [-0.1, -0.05) is 20.8 Å². The fourth-order valence-corrected chi connectivity index (χ4v) is 3.94. The molecule has 2 saturated carbocycles. The van der Waals surface area contributed by atoms with Crippen LogP contribution in [0.25, 0.3) is 0 Å². The number of hydrogen-bond acceptors (Lipinski definition) is 2. The Hall–Kier alpha value is -0.570. The number of carboxylic acids is 1. The third-order valence-electron chi connectivity index (χ3n) is 5.49. The highest BCUT2D eigenvalue weighted by Crippen LogP contribution is 2.70. The van der Waals surface area contributed by atoms with Gasteiger partial charge in [-0.15, -0.1) is 0 Å². The Balaban J connectivity index is 2.36. The number of aliphatic hydroxyl groups is 1. The van der Waals surface area contributed by atoms with Gasteiger partial charge in [-0.25, -0.2) is 0 Å². The highest BCUT2D eigenvalue weighted by Gasteiger charge is 2.68. The van der Waals surface area contributed by atoms with Crippen LogP contribution in [0.3, 0.4) is 0 Å². The second-order valence-corrected chi connectivity index (χ2v) is 6.10. The topological polar surface area (TPSA) is 57.5 Å². The quantitative estimate of drug-likeness (QED) is 0.736. The van der Waals surface area contributed by atoms with Crippen molar-refractivity contribution >= 4 is 5.97 Å². The largest absolute Gasteiger partial charge is 0.481 e. The highest BCUT2D eigenvalue weighted by molar-refractivity contribution is 5.68. The van der Waals surface area contributed by atoms with Crippen molar-refractivity contribution in [3.8, 4) is 0 Å². The smallest absolute Gasteiger partial charge is 0.306 e. The SMILES string of the molecule is CC1(C)[C@@H]2CC[C@@]1(C)[C@@](O)(CC(=O)O)C2. The van der Waals surface area contributed by atoms with Crippen LogP contribution in [0.2, 0.25) is 0 Å². The number of fused-ring (bicyclic) bond motifs is 2. The monoisotopic (exact) mass is 212 g/mol. The molecule has 0 aromatic carbocycles. The number of hydrogen-bond donors (Lipinski definition) is 2. The fourth-order valence-electron chi connectivity index (χ4n) is 3.94. The maximum Gasteiger partial charge on any atom is 0.306 e. The molecule has 3 atom stereocenters. The maximum atomic E-state index is 10.8. The third-order valence-corrected chi connectivity index (χ3v) is 5.49. The average molecular weight is 212 g/mol. The van der Waals surface area contributed by atoms with E-state index in [9.17, 15) is 9.90 Å². The van der Waals surface area contributed by atoms with E-state index in [0.29, 0.717) is 12.3 Å². The first kappa shape index (κ1) is 10.9. The first-order chi connectivity index (χ1) is 6.73. The molecule has 0 amide bonds. The standard InChI is InChI=1S/C12H20O3/c1-10(2)8-4-5-11(10,3)12(15,6-8)7-9(13)14/h8,15H,4-7H2,1-3H3,(H,13,14)/t8-,11-,12+/m1/s1. The van der Waals surface area contributed by atoms with Crippen molar-refractivity contribution < 1.29 is 15.0 Å². The van der Waals surface area contributed by atoms with E-state index in [1.165, 1.54) is 0 Å². The summed E-state index contributed by atoms with van der Waals surface area (Å²) in [6, 6.07) is 0. The molecular weight excluding hydrogens is 192 g/mol. The van der Waals surface area contributed by atoms with E-state index in [1.54, 1.807) is 0 Å². The second kappa shape index (κ2) is 2.76. The molecule has 2 rings (SSSR count). The van der Waals surface area contributed by atoms with E-state index >= 15 is 0 Å². The number of carboxylic acid groups (broad SMARTS) is 1. The lowest BCUT2D eigenvalue weighted by atomic mass is 9.63. The predicted molar refractivity (Wildman–Crippen MR) is 56.4 cm³/mol. The van der Waals surface area contributed by atoms with Crippen molar-refractivity contribution in [2.45, 2.75) is 52.1 Å². The Morgan fingerprint density at radius 1 is 1.40 bits per heavy atom. The van der Waals surface area contributed by atoms with Crippen molar-refractivity contribution in [1.82, 2.24) is 0 Å². The summed E-state index contributed by atoms with van der Waals surface area (Å²) in [5, 5.41) is 19.5. The fraction of sp³-hybridized carbons (Fsp3) is 0.917. The summed E-state index contributed by atoms with van der Waals surface area (Å²) < 4.78 is 0. The molecule has 0 aromatic rings. The van der Waals surface area contributed by atoms with E-state index in [1.807, 2.05) is 0 Å². The van der Waals surface area contributed by atoms with Gasteiger partial charge in [-0.2, -0.15) is 0 Å². The molecule has 0 spiro atoms.